The van der Waals surface area contributed by atoms with Crippen molar-refractivity contribution in [3.8, 4) is 33.4 Å². The third-order valence-corrected chi connectivity index (χ3v) is 12.7. The summed E-state index contributed by atoms with van der Waals surface area (Å²) in [4.78, 5) is 1.51. The molecule has 2 aliphatic rings. The zero-order valence-corrected chi connectivity index (χ0v) is 30.9. The van der Waals surface area contributed by atoms with Crippen LogP contribution in [0.2, 0.25) is 0 Å². The maximum absolute atomic E-state index is 2.50. The topological polar surface area (TPSA) is 0 Å². The molecule has 1 heteroatoms. The van der Waals surface area contributed by atoms with Crippen molar-refractivity contribution in [1.82, 2.24) is 0 Å². The molecule has 0 N–H and O–H groups in total. The quantitative estimate of drug-likeness (QED) is 0.157. The lowest BCUT2D eigenvalue weighted by Gasteiger charge is -2.28. The second kappa shape index (κ2) is 13.0. The predicted octanol–water partition coefficient (Wildman–Crippen LogP) is 14.8. The number of hydrogen-bond acceptors (Lipinski definition) is 1. The minimum absolute atomic E-state index is 0.245. The van der Waals surface area contributed by atoms with Gasteiger partial charge >= 0.3 is 0 Å². The maximum Gasteiger partial charge on any atom is 0.0358 e. The second-order valence-electron chi connectivity index (χ2n) is 14.9. The Balaban J connectivity index is 1.21. The first-order chi connectivity index (χ1) is 26.1. The van der Waals surface area contributed by atoms with Gasteiger partial charge in [-0.15, -0.1) is 11.3 Å². The highest BCUT2D eigenvalue weighted by Crippen LogP contribution is 2.48. The second-order valence-corrected chi connectivity index (χ2v) is 16.1. The highest BCUT2D eigenvalue weighted by atomic mass is 32.1. The first kappa shape index (κ1) is 31.9. The molecule has 0 radical (unpaired) electrons. The van der Waals surface area contributed by atoms with E-state index in [1.54, 1.807) is 0 Å². The average molecular weight is 697 g/mol. The number of benzene rings is 7. The minimum atomic E-state index is 0.245. The van der Waals surface area contributed by atoms with Gasteiger partial charge in [0.2, 0.25) is 0 Å². The molecule has 254 valence electrons. The third kappa shape index (κ3) is 5.50. The molecule has 1 aromatic heterocycles. The molecule has 1 heterocycles. The molecule has 0 saturated carbocycles. The molecule has 3 unspecified atom stereocenters. The SMILES string of the molecule is CC1C=Cc2c(sc3cccc(-c4ccc5c(C6C=CC(c7ccccc7)=CC6C)c6ccccc6c(-c6ccc(-c7ccccc7)cc6)c5c4)c23)C1. The number of fused-ring (bicyclic) bond motifs is 5. The molecule has 0 fully saturated rings. The van der Waals surface area contributed by atoms with Gasteiger partial charge in [0.25, 0.3) is 0 Å². The van der Waals surface area contributed by atoms with Crippen molar-refractivity contribution in [2.45, 2.75) is 26.2 Å². The van der Waals surface area contributed by atoms with E-state index in [1.807, 2.05) is 11.3 Å². The lowest BCUT2D eigenvalue weighted by molar-refractivity contribution is 0.645. The summed E-state index contributed by atoms with van der Waals surface area (Å²) in [5.41, 5.74) is 13.0. The summed E-state index contributed by atoms with van der Waals surface area (Å²) in [6, 6.07) is 54.1. The van der Waals surface area contributed by atoms with Crippen molar-refractivity contribution in [1.29, 1.82) is 0 Å². The first-order valence-corrected chi connectivity index (χ1v) is 19.7. The number of hydrogen-bond donors (Lipinski definition) is 0. The van der Waals surface area contributed by atoms with Crippen LogP contribution in [-0.4, -0.2) is 0 Å². The Morgan fingerprint density at radius 1 is 0.528 bits per heavy atom. The maximum atomic E-state index is 2.50. The van der Waals surface area contributed by atoms with Crippen LogP contribution in [0.4, 0.5) is 0 Å². The van der Waals surface area contributed by atoms with Gasteiger partial charge in [-0.05, 0) is 108 Å². The van der Waals surface area contributed by atoms with E-state index in [2.05, 4.69) is 190 Å². The Kier molecular flexibility index (Phi) is 7.85. The van der Waals surface area contributed by atoms with Gasteiger partial charge in [-0.3, -0.25) is 0 Å². The summed E-state index contributed by atoms with van der Waals surface area (Å²) in [7, 11) is 0. The molecule has 53 heavy (non-hydrogen) atoms. The van der Waals surface area contributed by atoms with Gasteiger partial charge < -0.3 is 0 Å². The lowest BCUT2D eigenvalue weighted by Crippen LogP contribution is -2.11. The highest BCUT2D eigenvalue weighted by molar-refractivity contribution is 7.19. The summed E-state index contributed by atoms with van der Waals surface area (Å²) < 4.78 is 1.38. The Morgan fingerprint density at radius 2 is 1.19 bits per heavy atom. The number of allylic oxidation sites excluding steroid dienone is 5. The summed E-state index contributed by atoms with van der Waals surface area (Å²) in [5, 5.41) is 6.68. The molecule has 0 amide bonds. The molecule has 10 rings (SSSR count). The fourth-order valence-electron chi connectivity index (χ4n) is 8.93. The highest BCUT2D eigenvalue weighted by Gasteiger charge is 2.26. The standard InChI is InChI=1S/C52H40S/c1-33-20-27-46-49(30-33)53-48-19-11-18-42(52(46)48)40-26-29-45-47(32-40)50(38-23-21-37(22-24-38)35-12-5-3-6-13-35)43-16-9-10-17-44(43)51(45)41-28-25-39(31-34(41)2)36-14-7-4-8-15-36/h3-29,31-34,41H,30H2,1-2H3. The molecular formula is C52H40S. The van der Waals surface area contributed by atoms with Crippen LogP contribution in [0.25, 0.3) is 76.7 Å². The zero-order chi connectivity index (χ0) is 35.5. The number of rotatable bonds is 5. The van der Waals surface area contributed by atoms with E-state index < -0.39 is 0 Å². The van der Waals surface area contributed by atoms with Crippen molar-refractivity contribution >= 4 is 54.6 Å². The van der Waals surface area contributed by atoms with Crippen molar-refractivity contribution in [3.63, 3.8) is 0 Å². The van der Waals surface area contributed by atoms with Crippen LogP contribution in [-0.2, 0) is 6.42 Å². The van der Waals surface area contributed by atoms with Gasteiger partial charge in [0.15, 0.2) is 0 Å². The molecule has 0 bridgehead atoms. The smallest absolute Gasteiger partial charge is 0.0358 e. The molecule has 8 aromatic rings. The summed E-state index contributed by atoms with van der Waals surface area (Å²) in [5.74, 6) is 1.16. The Bertz CT molecular complexity index is 2760. The van der Waals surface area contributed by atoms with E-state index in [9.17, 15) is 0 Å². The van der Waals surface area contributed by atoms with Crippen LogP contribution < -0.4 is 0 Å². The van der Waals surface area contributed by atoms with Crippen LogP contribution in [0.3, 0.4) is 0 Å². The molecule has 3 atom stereocenters. The Morgan fingerprint density at radius 3 is 1.96 bits per heavy atom. The third-order valence-electron chi connectivity index (χ3n) is 11.5. The van der Waals surface area contributed by atoms with E-state index in [1.165, 1.54) is 92.2 Å². The van der Waals surface area contributed by atoms with E-state index in [0.29, 0.717) is 11.8 Å². The molecule has 7 aromatic carbocycles. The van der Waals surface area contributed by atoms with Crippen molar-refractivity contribution in [3.05, 3.63) is 191 Å². The Labute approximate surface area is 316 Å². The normalized spacial score (nSPS) is 18.1. The molecule has 0 saturated heterocycles. The lowest BCUT2D eigenvalue weighted by atomic mass is 9.76. The predicted molar refractivity (Wildman–Crippen MR) is 231 cm³/mol. The van der Waals surface area contributed by atoms with Gasteiger partial charge in [-0.25, -0.2) is 0 Å². The first-order valence-electron chi connectivity index (χ1n) is 18.9. The van der Waals surface area contributed by atoms with Crippen LogP contribution in [0.15, 0.2) is 170 Å². The summed E-state index contributed by atoms with van der Waals surface area (Å²) in [6.07, 6.45) is 13.2. The largest absolute Gasteiger partial charge is 0.140 e. The van der Waals surface area contributed by atoms with Crippen molar-refractivity contribution in [2.24, 2.45) is 11.8 Å². The molecule has 0 spiro atoms. The van der Waals surface area contributed by atoms with Crippen molar-refractivity contribution in [2.75, 3.05) is 0 Å². The molecule has 0 aliphatic heterocycles. The van der Waals surface area contributed by atoms with Gasteiger partial charge in [-0.1, -0.05) is 178 Å². The van der Waals surface area contributed by atoms with Gasteiger partial charge in [0.05, 0.1) is 0 Å². The number of thiophene rings is 1. The van der Waals surface area contributed by atoms with Crippen LogP contribution in [0.5, 0.6) is 0 Å². The summed E-state index contributed by atoms with van der Waals surface area (Å²) in [6.45, 7) is 4.71. The van der Waals surface area contributed by atoms with Gasteiger partial charge in [0.1, 0.15) is 0 Å². The molecule has 0 nitrogen and oxygen atoms in total. The van der Waals surface area contributed by atoms with E-state index in [0.717, 1.165) is 6.42 Å². The van der Waals surface area contributed by atoms with E-state index >= 15 is 0 Å². The minimum Gasteiger partial charge on any atom is -0.140 e. The fourth-order valence-corrected chi connectivity index (χ4v) is 10.3. The zero-order valence-electron chi connectivity index (χ0n) is 30.1. The summed E-state index contributed by atoms with van der Waals surface area (Å²) >= 11 is 1.97. The van der Waals surface area contributed by atoms with Gasteiger partial charge in [0, 0.05) is 20.9 Å². The van der Waals surface area contributed by atoms with Crippen LogP contribution >= 0.6 is 11.3 Å². The van der Waals surface area contributed by atoms with Gasteiger partial charge in [-0.2, -0.15) is 0 Å². The van der Waals surface area contributed by atoms with Crippen LogP contribution in [0, 0.1) is 11.8 Å². The molecular weight excluding hydrogens is 657 g/mol. The van der Waals surface area contributed by atoms with E-state index in [4.69, 9.17) is 0 Å². The molecule has 2 aliphatic carbocycles. The Hall–Kier alpha value is -5.76. The monoisotopic (exact) mass is 696 g/mol. The van der Waals surface area contributed by atoms with E-state index in [-0.39, 0.29) is 5.92 Å². The van der Waals surface area contributed by atoms with Crippen LogP contribution in [0.1, 0.15) is 41.3 Å². The van der Waals surface area contributed by atoms with Crippen molar-refractivity contribution < 1.29 is 0 Å². The average Bonchev–Trinajstić information content (AvgIpc) is 3.58. The fraction of sp³-hybridized carbons (Fsp3) is 0.115.